The molecule has 0 aliphatic rings. The predicted molar refractivity (Wildman–Crippen MR) is 98.4 cm³/mol. The second-order valence-corrected chi connectivity index (χ2v) is 5.84. The van der Waals surface area contributed by atoms with Gasteiger partial charge < -0.3 is 10.6 Å². The van der Waals surface area contributed by atoms with Crippen LogP contribution in [-0.4, -0.2) is 10.9 Å². The molecule has 0 spiro atoms. The summed E-state index contributed by atoms with van der Waals surface area (Å²) in [4.78, 5) is 16.4. The summed E-state index contributed by atoms with van der Waals surface area (Å²) in [5.74, 6) is 0.410. The van der Waals surface area contributed by atoms with E-state index in [4.69, 9.17) is 23.2 Å². The number of benzene rings is 2. The van der Waals surface area contributed by atoms with Crippen LogP contribution in [0.25, 0.3) is 0 Å². The fourth-order valence-electron chi connectivity index (χ4n) is 2.05. The molecule has 3 aromatic rings. The Bertz CT molecular complexity index is 849. The van der Waals surface area contributed by atoms with Crippen molar-refractivity contribution >= 4 is 46.3 Å². The summed E-state index contributed by atoms with van der Waals surface area (Å²) in [5.41, 5.74) is 1.89. The lowest BCUT2D eigenvalue weighted by molar-refractivity contribution is 0.102. The standard InChI is InChI=1S/C18H13Cl2N3O/c19-13-7-5-12(6-8-13)18(24)22-14-9-10-17(21-11-14)23-16-4-2-1-3-15(16)20/h1-11H,(H,21,23)(H,22,24). The average Bonchev–Trinajstić information content (AvgIpc) is 2.59. The van der Waals surface area contributed by atoms with Crippen molar-refractivity contribution < 1.29 is 4.79 Å². The number of carbonyl (C=O) groups excluding carboxylic acids is 1. The van der Waals surface area contributed by atoms with E-state index in [1.807, 2.05) is 18.2 Å². The van der Waals surface area contributed by atoms with Gasteiger partial charge in [0.15, 0.2) is 0 Å². The lowest BCUT2D eigenvalue weighted by atomic mass is 10.2. The van der Waals surface area contributed by atoms with Crippen molar-refractivity contribution in [2.75, 3.05) is 10.6 Å². The maximum atomic E-state index is 12.1. The molecule has 0 radical (unpaired) electrons. The third-order valence-electron chi connectivity index (χ3n) is 3.26. The number of nitrogens with zero attached hydrogens (tertiary/aromatic N) is 1. The Morgan fingerprint density at radius 3 is 2.33 bits per heavy atom. The summed E-state index contributed by atoms with van der Waals surface area (Å²) < 4.78 is 0. The first-order valence-corrected chi connectivity index (χ1v) is 7.92. The zero-order chi connectivity index (χ0) is 16.9. The molecular weight excluding hydrogens is 345 g/mol. The fourth-order valence-corrected chi connectivity index (χ4v) is 2.36. The number of pyridine rings is 1. The molecule has 1 heterocycles. The van der Waals surface area contributed by atoms with Gasteiger partial charge in [-0.1, -0.05) is 35.3 Å². The van der Waals surface area contributed by atoms with Crippen LogP contribution in [0.3, 0.4) is 0 Å². The summed E-state index contributed by atoms with van der Waals surface area (Å²) in [7, 11) is 0. The number of amides is 1. The van der Waals surface area contributed by atoms with Gasteiger partial charge in [0.2, 0.25) is 0 Å². The zero-order valence-electron chi connectivity index (χ0n) is 12.5. The molecule has 0 unspecified atom stereocenters. The van der Waals surface area contributed by atoms with Crippen LogP contribution in [0.15, 0.2) is 66.9 Å². The number of aromatic nitrogens is 1. The third kappa shape index (κ3) is 4.04. The number of hydrogen-bond acceptors (Lipinski definition) is 3. The molecule has 1 aromatic heterocycles. The first-order valence-electron chi connectivity index (χ1n) is 7.16. The van der Waals surface area contributed by atoms with E-state index >= 15 is 0 Å². The molecule has 6 heteroatoms. The number of anilines is 3. The highest BCUT2D eigenvalue weighted by Gasteiger charge is 2.06. The number of halogens is 2. The number of para-hydroxylation sites is 1. The molecule has 2 N–H and O–H groups in total. The normalized spacial score (nSPS) is 10.2. The maximum Gasteiger partial charge on any atom is 0.255 e. The van der Waals surface area contributed by atoms with Gasteiger partial charge in [-0.05, 0) is 48.5 Å². The molecule has 1 amide bonds. The Labute approximate surface area is 149 Å². The van der Waals surface area contributed by atoms with Gasteiger partial charge in [0.05, 0.1) is 22.6 Å². The first kappa shape index (κ1) is 16.3. The molecule has 0 atom stereocenters. The average molecular weight is 358 g/mol. The quantitative estimate of drug-likeness (QED) is 0.658. The second kappa shape index (κ2) is 7.34. The van der Waals surface area contributed by atoms with Crippen molar-refractivity contribution in [3.8, 4) is 0 Å². The van der Waals surface area contributed by atoms with E-state index in [9.17, 15) is 4.79 Å². The fraction of sp³-hybridized carbons (Fsp3) is 0. The molecule has 0 bridgehead atoms. The van der Waals surface area contributed by atoms with Crippen molar-refractivity contribution in [1.82, 2.24) is 4.98 Å². The molecule has 4 nitrogen and oxygen atoms in total. The summed E-state index contributed by atoms with van der Waals surface area (Å²) in [5, 5.41) is 7.10. The molecule has 24 heavy (non-hydrogen) atoms. The Kier molecular flexibility index (Phi) is 4.99. The zero-order valence-corrected chi connectivity index (χ0v) is 14.0. The van der Waals surface area contributed by atoms with Gasteiger partial charge in [-0.3, -0.25) is 4.79 Å². The van der Waals surface area contributed by atoms with Crippen LogP contribution in [0.4, 0.5) is 17.2 Å². The van der Waals surface area contributed by atoms with Crippen LogP contribution >= 0.6 is 23.2 Å². The van der Waals surface area contributed by atoms with Gasteiger partial charge >= 0.3 is 0 Å². The van der Waals surface area contributed by atoms with Gasteiger partial charge in [-0.25, -0.2) is 4.98 Å². The smallest absolute Gasteiger partial charge is 0.255 e. The van der Waals surface area contributed by atoms with Gasteiger partial charge in [0, 0.05) is 10.6 Å². The van der Waals surface area contributed by atoms with E-state index < -0.39 is 0 Å². The molecule has 0 aliphatic heterocycles. The van der Waals surface area contributed by atoms with Crippen molar-refractivity contribution in [1.29, 1.82) is 0 Å². The van der Waals surface area contributed by atoms with Crippen molar-refractivity contribution in [3.63, 3.8) is 0 Å². The summed E-state index contributed by atoms with van der Waals surface area (Å²) in [6.07, 6.45) is 1.58. The highest BCUT2D eigenvalue weighted by molar-refractivity contribution is 6.33. The van der Waals surface area contributed by atoms with Gasteiger partial charge in [-0.15, -0.1) is 0 Å². The van der Waals surface area contributed by atoms with Crippen molar-refractivity contribution in [3.05, 3.63) is 82.5 Å². The minimum Gasteiger partial charge on any atom is -0.339 e. The van der Waals surface area contributed by atoms with Crippen LogP contribution < -0.4 is 10.6 Å². The lowest BCUT2D eigenvalue weighted by Gasteiger charge is -2.09. The molecular formula is C18H13Cl2N3O. The summed E-state index contributed by atoms with van der Waals surface area (Å²) in [6, 6.07) is 17.6. The number of rotatable bonds is 4. The van der Waals surface area contributed by atoms with Crippen molar-refractivity contribution in [2.24, 2.45) is 0 Å². The maximum absolute atomic E-state index is 12.1. The van der Waals surface area contributed by atoms with E-state index in [1.54, 1.807) is 48.7 Å². The topological polar surface area (TPSA) is 54.0 Å². The van der Waals surface area contributed by atoms with E-state index in [0.29, 0.717) is 27.1 Å². The van der Waals surface area contributed by atoms with E-state index in [-0.39, 0.29) is 5.91 Å². The lowest BCUT2D eigenvalue weighted by Crippen LogP contribution is -2.11. The molecule has 0 saturated heterocycles. The van der Waals surface area contributed by atoms with Crippen LogP contribution in [0.5, 0.6) is 0 Å². The Balaban J connectivity index is 1.67. The Morgan fingerprint density at radius 1 is 0.917 bits per heavy atom. The third-order valence-corrected chi connectivity index (χ3v) is 3.85. The highest BCUT2D eigenvalue weighted by atomic mass is 35.5. The number of nitrogens with one attached hydrogen (secondary N) is 2. The number of hydrogen-bond donors (Lipinski definition) is 2. The van der Waals surface area contributed by atoms with E-state index in [1.165, 1.54) is 0 Å². The number of carbonyl (C=O) groups is 1. The van der Waals surface area contributed by atoms with Crippen LogP contribution in [0, 0.1) is 0 Å². The minimum atomic E-state index is -0.222. The van der Waals surface area contributed by atoms with Gasteiger partial charge in [-0.2, -0.15) is 0 Å². The molecule has 0 saturated carbocycles. The molecule has 0 aliphatic carbocycles. The summed E-state index contributed by atoms with van der Waals surface area (Å²) in [6.45, 7) is 0. The predicted octanol–water partition coefficient (Wildman–Crippen LogP) is 5.38. The molecule has 0 fully saturated rings. The van der Waals surface area contributed by atoms with Crippen LogP contribution in [-0.2, 0) is 0 Å². The Morgan fingerprint density at radius 2 is 1.67 bits per heavy atom. The molecule has 2 aromatic carbocycles. The largest absolute Gasteiger partial charge is 0.339 e. The first-order chi connectivity index (χ1) is 11.6. The molecule has 120 valence electrons. The van der Waals surface area contributed by atoms with Crippen LogP contribution in [0.1, 0.15) is 10.4 Å². The van der Waals surface area contributed by atoms with Gasteiger partial charge in [0.25, 0.3) is 5.91 Å². The minimum absolute atomic E-state index is 0.222. The highest BCUT2D eigenvalue weighted by Crippen LogP contribution is 2.24. The van der Waals surface area contributed by atoms with E-state index in [2.05, 4.69) is 15.6 Å². The van der Waals surface area contributed by atoms with Crippen LogP contribution in [0.2, 0.25) is 10.0 Å². The Hall–Kier alpha value is -2.56. The van der Waals surface area contributed by atoms with E-state index in [0.717, 1.165) is 5.69 Å². The monoisotopic (exact) mass is 357 g/mol. The second-order valence-electron chi connectivity index (χ2n) is 5.00. The molecule has 3 rings (SSSR count). The summed E-state index contributed by atoms with van der Waals surface area (Å²) >= 11 is 11.9. The SMILES string of the molecule is O=C(Nc1ccc(Nc2ccccc2Cl)nc1)c1ccc(Cl)cc1. The van der Waals surface area contributed by atoms with Crippen molar-refractivity contribution in [2.45, 2.75) is 0 Å². The van der Waals surface area contributed by atoms with Gasteiger partial charge in [0.1, 0.15) is 5.82 Å².